The van der Waals surface area contributed by atoms with Crippen molar-refractivity contribution in [3.63, 3.8) is 0 Å². The van der Waals surface area contributed by atoms with Crippen LogP contribution in [-0.4, -0.2) is 40.3 Å². The van der Waals surface area contributed by atoms with E-state index in [1.165, 1.54) is 16.8 Å². The first-order chi connectivity index (χ1) is 9.60. The number of nitrogens with one attached hydrogen (secondary N) is 1. The Morgan fingerprint density at radius 3 is 3.00 bits per heavy atom. The molecule has 0 saturated carbocycles. The highest BCUT2D eigenvalue weighted by molar-refractivity contribution is 5.72. The molecule has 7 nitrogen and oxygen atoms in total. The lowest BCUT2D eigenvalue weighted by Crippen LogP contribution is -2.43. The second-order valence-corrected chi connectivity index (χ2v) is 4.89. The van der Waals surface area contributed by atoms with E-state index in [2.05, 4.69) is 5.10 Å². The van der Waals surface area contributed by atoms with Crippen LogP contribution in [0.15, 0.2) is 21.7 Å². The van der Waals surface area contributed by atoms with Crippen LogP contribution in [0.4, 0.5) is 0 Å². The molecule has 7 heteroatoms. The summed E-state index contributed by atoms with van der Waals surface area (Å²) >= 11 is 0. The molecular weight excluding hydrogens is 262 g/mol. The number of piperidine rings is 1. The van der Waals surface area contributed by atoms with Gasteiger partial charge in [0, 0.05) is 18.7 Å². The molecule has 0 bridgehead atoms. The fraction of sp³-hybridized carbons (Fsp3) is 0.615. The number of hydrogen-bond acceptors (Lipinski definition) is 5. The van der Waals surface area contributed by atoms with E-state index in [-0.39, 0.29) is 29.7 Å². The van der Waals surface area contributed by atoms with E-state index in [0.717, 1.165) is 19.4 Å². The molecule has 110 valence electrons. The number of hydrogen-bond donors (Lipinski definition) is 1. The molecule has 1 atom stereocenters. The van der Waals surface area contributed by atoms with Crippen molar-refractivity contribution in [3.05, 3.63) is 32.8 Å². The Balaban J connectivity index is 2.02. The Bertz CT molecular complexity index is 577. The summed E-state index contributed by atoms with van der Waals surface area (Å²) in [6.07, 6.45) is 1.67. The molecule has 1 saturated heterocycles. The summed E-state index contributed by atoms with van der Waals surface area (Å²) in [7, 11) is 0. The van der Waals surface area contributed by atoms with Crippen LogP contribution in [0.25, 0.3) is 0 Å². The minimum absolute atomic E-state index is 0.158. The van der Waals surface area contributed by atoms with Crippen LogP contribution in [0.5, 0.6) is 0 Å². The number of carbonyl (C=O) groups excluding carboxylic acids is 1. The van der Waals surface area contributed by atoms with Gasteiger partial charge < -0.3 is 4.74 Å². The molecule has 1 aromatic rings. The van der Waals surface area contributed by atoms with E-state index in [1.807, 2.05) is 4.90 Å². The summed E-state index contributed by atoms with van der Waals surface area (Å²) in [5, 5.41) is 2.48. The molecule has 1 aliphatic rings. The third kappa shape index (κ3) is 3.57. The van der Waals surface area contributed by atoms with Crippen molar-refractivity contribution in [2.75, 3.05) is 19.7 Å². The lowest BCUT2D eigenvalue weighted by atomic mass is 9.99. The zero-order valence-corrected chi connectivity index (χ0v) is 11.5. The Morgan fingerprint density at radius 1 is 1.45 bits per heavy atom. The maximum atomic E-state index is 11.7. The summed E-state index contributed by atoms with van der Waals surface area (Å²) in [4.78, 5) is 36.6. The third-order valence-corrected chi connectivity index (χ3v) is 3.36. The van der Waals surface area contributed by atoms with Crippen LogP contribution in [0.1, 0.15) is 19.8 Å². The number of carbonyl (C=O) groups is 1. The van der Waals surface area contributed by atoms with Gasteiger partial charge in [0.2, 0.25) is 0 Å². The summed E-state index contributed by atoms with van der Waals surface area (Å²) in [5.41, 5.74) is -0.577. The van der Waals surface area contributed by atoms with Crippen molar-refractivity contribution < 1.29 is 9.53 Å². The van der Waals surface area contributed by atoms with Gasteiger partial charge in [0.1, 0.15) is 0 Å². The van der Waals surface area contributed by atoms with Gasteiger partial charge in [-0.3, -0.25) is 24.4 Å². The minimum atomic E-state index is -0.316. The van der Waals surface area contributed by atoms with Crippen LogP contribution in [0, 0.1) is 5.92 Å². The Kier molecular flexibility index (Phi) is 4.73. The van der Waals surface area contributed by atoms with Crippen LogP contribution >= 0.6 is 0 Å². The van der Waals surface area contributed by atoms with E-state index >= 15 is 0 Å². The third-order valence-electron chi connectivity index (χ3n) is 3.36. The molecule has 2 heterocycles. The van der Waals surface area contributed by atoms with Gasteiger partial charge in [-0.05, 0) is 26.3 Å². The maximum absolute atomic E-state index is 11.7. The van der Waals surface area contributed by atoms with Gasteiger partial charge in [-0.15, -0.1) is 0 Å². The van der Waals surface area contributed by atoms with Crippen LogP contribution in [0.3, 0.4) is 0 Å². The number of ether oxygens (including phenoxy) is 1. The molecule has 0 radical (unpaired) electrons. The monoisotopic (exact) mass is 281 g/mol. The van der Waals surface area contributed by atoms with Gasteiger partial charge in [0.15, 0.2) is 0 Å². The maximum Gasteiger partial charge on any atom is 0.310 e. The summed E-state index contributed by atoms with van der Waals surface area (Å²) in [5.74, 6) is -0.346. The van der Waals surface area contributed by atoms with Gasteiger partial charge in [-0.1, -0.05) is 0 Å². The lowest BCUT2D eigenvalue weighted by Gasteiger charge is -2.31. The molecular formula is C13H19N3O4. The lowest BCUT2D eigenvalue weighted by molar-refractivity contribution is -0.150. The normalized spacial score (nSPS) is 19.8. The smallest absolute Gasteiger partial charge is 0.310 e. The fourth-order valence-electron chi connectivity index (χ4n) is 2.40. The van der Waals surface area contributed by atoms with Gasteiger partial charge in [-0.2, -0.15) is 0 Å². The Labute approximate surface area is 116 Å². The van der Waals surface area contributed by atoms with E-state index < -0.39 is 0 Å². The molecule has 1 aliphatic heterocycles. The predicted octanol–water partition coefficient (Wildman–Crippen LogP) is -0.231. The number of esters is 1. The van der Waals surface area contributed by atoms with Crippen molar-refractivity contribution in [2.45, 2.75) is 26.4 Å². The van der Waals surface area contributed by atoms with Crippen molar-refractivity contribution in [3.8, 4) is 0 Å². The first kappa shape index (κ1) is 14.5. The molecule has 2 rings (SSSR count). The van der Waals surface area contributed by atoms with Gasteiger partial charge >= 0.3 is 5.97 Å². The number of nitrogens with zero attached hydrogens (tertiary/aromatic N) is 2. The molecule has 20 heavy (non-hydrogen) atoms. The molecule has 1 aromatic heterocycles. The highest BCUT2D eigenvalue weighted by atomic mass is 16.5. The predicted molar refractivity (Wildman–Crippen MR) is 72.3 cm³/mol. The first-order valence-electron chi connectivity index (χ1n) is 6.79. The zero-order valence-electron chi connectivity index (χ0n) is 11.5. The fourth-order valence-corrected chi connectivity index (χ4v) is 2.40. The van der Waals surface area contributed by atoms with Crippen molar-refractivity contribution in [2.24, 2.45) is 5.92 Å². The quantitative estimate of drug-likeness (QED) is 0.771. The number of likely N-dealkylation sites (tertiary alicyclic amines) is 1. The van der Waals surface area contributed by atoms with E-state index in [0.29, 0.717) is 13.2 Å². The SMILES string of the molecule is CCOC(=O)[C@H]1CCCN(Cn2[nH]c(=O)ccc2=O)C1. The Hall–Kier alpha value is -1.89. The number of aromatic amines is 1. The van der Waals surface area contributed by atoms with Gasteiger partial charge in [0.25, 0.3) is 11.1 Å². The van der Waals surface area contributed by atoms with Gasteiger partial charge in [0.05, 0.1) is 19.2 Å². The molecule has 0 aliphatic carbocycles. The highest BCUT2D eigenvalue weighted by Crippen LogP contribution is 2.17. The number of aromatic nitrogens is 2. The largest absolute Gasteiger partial charge is 0.466 e. The zero-order chi connectivity index (χ0) is 14.5. The second-order valence-electron chi connectivity index (χ2n) is 4.89. The molecule has 0 unspecified atom stereocenters. The molecule has 0 amide bonds. The van der Waals surface area contributed by atoms with E-state index in [4.69, 9.17) is 4.74 Å². The summed E-state index contributed by atoms with van der Waals surface area (Å²) < 4.78 is 6.29. The van der Waals surface area contributed by atoms with Crippen LogP contribution in [-0.2, 0) is 16.2 Å². The number of H-pyrrole nitrogens is 1. The molecule has 0 spiro atoms. The number of rotatable bonds is 4. The van der Waals surface area contributed by atoms with E-state index in [1.54, 1.807) is 6.92 Å². The van der Waals surface area contributed by atoms with Gasteiger partial charge in [-0.25, -0.2) is 4.68 Å². The second kappa shape index (κ2) is 6.51. The highest BCUT2D eigenvalue weighted by Gasteiger charge is 2.26. The molecule has 1 N–H and O–H groups in total. The molecule has 0 aromatic carbocycles. The first-order valence-corrected chi connectivity index (χ1v) is 6.79. The summed E-state index contributed by atoms with van der Waals surface area (Å²) in [6, 6.07) is 2.45. The standard InChI is InChI=1S/C13H19N3O4/c1-2-20-13(19)10-4-3-7-15(8-10)9-16-12(18)6-5-11(17)14-16/h5-6,10H,2-4,7-9H2,1H3,(H,14,17)/t10-/m0/s1. The average molecular weight is 281 g/mol. The summed E-state index contributed by atoms with van der Waals surface area (Å²) in [6.45, 7) is 3.78. The average Bonchev–Trinajstić information content (AvgIpc) is 2.43. The Morgan fingerprint density at radius 2 is 2.25 bits per heavy atom. The molecule has 1 fully saturated rings. The van der Waals surface area contributed by atoms with Crippen molar-refractivity contribution >= 4 is 5.97 Å². The van der Waals surface area contributed by atoms with Crippen molar-refractivity contribution in [1.82, 2.24) is 14.7 Å². The van der Waals surface area contributed by atoms with Crippen LogP contribution < -0.4 is 11.1 Å². The topological polar surface area (TPSA) is 84.4 Å². The van der Waals surface area contributed by atoms with E-state index in [9.17, 15) is 14.4 Å². The van der Waals surface area contributed by atoms with Crippen LogP contribution in [0.2, 0.25) is 0 Å². The minimum Gasteiger partial charge on any atom is -0.466 e. The van der Waals surface area contributed by atoms with Crippen molar-refractivity contribution in [1.29, 1.82) is 0 Å².